The van der Waals surface area contributed by atoms with Crippen LogP contribution in [0.5, 0.6) is 5.75 Å². The van der Waals surface area contributed by atoms with Gasteiger partial charge in [-0.15, -0.1) is 0 Å². The third-order valence-corrected chi connectivity index (χ3v) is 3.47. The van der Waals surface area contributed by atoms with Crippen molar-refractivity contribution in [3.63, 3.8) is 0 Å². The zero-order valence-corrected chi connectivity index (χ0v) is 16.8. The normalized spacial score (nSPS) is 11.4. The molecule has 0 aliphatic heterocycles. The van der Waals surface area contributed by atoms with Crippen LogP contribution in [0.1, 0.15) is 58.8 Å². The SMILES string of the molecule is C=O.CCOc1ccc(C#Cc2ccc(C(C)NOC(C)(C)C)cc2)cc1.[HH]. The van der Waals surface area contributed by atoms with E-state index in [-0.39, 0.29) is 13.1 Å². The van der Waals surface area contributed by atoms with E-state index >= 15 is 0 Å². The summed E-state index contributed by atoms with van der Waals surface area (Å²) in [5, 5.41) is 0. The molecule has 0 amide bonds. The van der Waals surface area contributed by atoms with E-state index < -0.39 is 0 Å². The predicted octanol–water partition coefficient (Wildman–Crippen LogP) is 4.93. The van der Waals surface area contributed by atoms with Crippen LogP contribution in [0.4, 0.5) is 0 Å². The van der Waals surface area contributed by atoms with E-state index in [2.05, 4.69) is 36.4 Å². The summed E-state index contributed by atoms with van der Waals surface area (Å²) in [5.41, 5.74) is 6.00. The van der Waals surface area contributed by atoms with E-state index in [1.54, 1.807) is 0 Å². The second-order valence-electron chi connectivity index (χ2n) is 6.88. The highest BCUT2D eigenvalue weighted by molar-refractivity contribution is 5.45. The molecule has 1 unspecified atom stereocenters. The van der Waals surface area contributed by atoms with Gasteiger partial charge >= 0.3 is 0 Å². The molecule has 0 aliphatic carbocycles. The smallest absolute Gasteiger partial charge is 0.119 e. The maximum Gasteiger partial charge on any atom is 0.119 e. The molecule has 2 aromatic carbocycles. The molecule has 0 aromatic heterocycles. The number of carbonyl (C=O) groups is 1. The molecule has 2 rings (SSSR count). The Morgan fingerprint density at radius 1 is 1.00 bits per heavy atom. The van der Waals surface area contributed by atoms with Crippen LogP contribution in [0.15, 0.2) is 48.5 Å². The van der Waals surface area contributed by atoms with Crippen molar-refractivity contribution in [2.45, 2.75) is 46.3 Å². The number of benzene rings is 2. The van der Waals surface area contributed by atoms with Crippen molar-refractivity contribution in [2.75, 3.05) is 6.61 Å². The Morgan fingerprint density at radius 2 is 1.48 bits per heavy atom. The fourth-order valence-electron chi connectivity index (χ4n) is 2.13. The van der Waals surface area contributed by atoms with Crippen LogP contribution < -0.4 is 10.2 Å². The van der Waals surface area contributed by atoms with Crippen LogP contribution in [0.2, 0.25) is 0 Å². The van der Waals surface area contributed by atoms with Crippen molar-refractivity contribution < 1.29 is 15.8 Å². The monoisotopic (exact) mass is 369 g/mol. The zero-order chi connectivity index (χ0) is 20.3. The molecule has 0 aliphatic rings. The van der Waals surface area contributed by atoms with Gasteiger partial charge in [-0.05, 0) is 76.6 Å². The standard InChI is InChI=1S/C22H27NO2.CH2O.H2/c1-6-24-21-15-11-19(12-16-21)8-7-18-9-13-20(14-10-18)17(2)23-25-22(3,4)5;1-2;/h9-17,23H,6H2,1-5H3;1H2;1H. The van der Waals surface area contributed by atoms with Crippen LogP contribution in [-0.4, -0.2) is 19.0 Å². The second-order valence-corrected chi connectivity index (χ2v) is 6.88. The van der Waals surface area contributed by atoms with Gasteiger partial charge in [0.05, 0.1) is 18.2 Å². The van der Waals surface area contributed by atoms with Gasteiger partial charge in [0.15, 0.2) is 0 Å². The van der Waals surface area contributed by atoms with Crippen molar-refractivity contribution in [1.29, 1.82) is 0 Å². The lowest BCUT2D eigenvalue weighted by atomic mass is 10.1. The Morgan fingerprint density at radius 3 is 1.93 bits per heavy atom. The van der Waals surface area contributed by atoms with Crippen LogP contribution in [0.3, 0.4) is 0 Å². The van der Waals surface area contributed by atoms with E-state index in [9.17, 15) is 0 Å². The molecule has 4 heteroatoms. The van der Waals surface area contributed by atoms with Crippen LogP contribution in [0, 0.1) is 11.8 Å². The fraction of sp³-hybridized carbons (Fsp3) is 0.348. The second kappa shape index (κ2) is 11.2. The summed E-state index contributed by atoms with van der Waals surface area (Å²) in [7, 11) is 0. The molecule has 0 saturated heterocycles. The van der Waals surface area contributed by atoms with Gasteiger partial charge in [0.1, 0.15) is 12.5 Å². The highest BCUT2D eigenvalue weighted by Crippen LogP contribution is 2.16. The first-order chi connectivity index (χ1) is 12.9. The van der Waals surface area contributed by atoms with Crippen molar-refractivity contribution in [3.8, 4) is 17.6 Å². The van der Waals surface area contributed by atoms with Crippen molar-refractivity contribution in [3.05, 3.63) is 65.2 Å². The lowest BCUT2D eigenvalue weighted by Gasteiger charge is -2.23. The average Bonchev–Trinajstić information content (AvgIpc) is 2.67. The number of ether oxygens (including phenoxy) is 1. The molecule has 4 nitrogen and oxygen atoms in total. The lowest BCUT2D eigenvalue weighted by Crippen LogP contribution is -2.30. The first-order valence-electron chi connectivity index (χ1n) is 8.94. The molecular formula is C23H31NO3. The molecule has 146 valence electrons. The number of hydrogen-bond donors (Lipinski definition) is 1. The number of carbonyl (C=O) groups excluding carboxylic acids is 1. The molecule has 0 spiro atoms. The first-order valence-corrected chi connectivity index (χ1v) is 8.94. The molecule has 1 N–H and O–H groups in total. The van der Waals surface area contributed by atoms with Crippen LogP contribution in [-0.2, 0) is 9.63 Å². The van der Waals surface area contributed by atoms with E-state index in [0.29, 0.717) is 6.61 Å². The summed E-state index contributed by atoms with van der Waals surface area (Å²) in [6.07, 6.45) is 0. The average molecular weight is 370 g/mol. The Balaban J connectivity index is 0.00000235. The zero-order valence-electron chi connectivity index (χ0n) is 16.8. The molecule has 0 bridgehead atoms. The number of hydrogen-bond acceptors (Lipinski definition) is 4. The Kier molecular flexibility index (Phi) is 9.29. The van der Waals surface area contributed by atoms with E-state index in [1.165, 1.54) is 0 Å². The highest BCUT2D eigenvalue weighted by Gasteiger charge is 2.13. The summed E-state index contributed by atoms with van der Waals surface area (Å²) in [6.45, 7) is 12.8. The molecule has 0 radical (unpaired) electrons. The summed E-state index contributed by atoms with van der Waals surface area (Å²) in [4.78, 5) is 13.6. The summed E-state index contributed by atoms with van der Waals surface area (Å²) >= 11 is 0. The van der Waals surface area contributed by atoms with Crippen molar-refractivity contribution in [2.24, 2.45) is 0 Å². The third kappa shape index (κ3) is 8.54. The molecule has 0 fully saturated rings. The maximum absolute atomic E-state index is 8.00. The maximum atomic E-state index is 8.00. The molecule has 0 heterocycles. The summed E-state index contributed by atoms with van der Waals surface area (Å²) in [6, 6.07) is 16.2. The van der Waals surface area contributed by atoms with Crippen molar-refractivity contribution >= 4 is 6.79 Å². The first kappa shape index (κ1) is 22.4. The van der Waals surface area contributed by atoms with Gasteiger partial charge in [0, 0.05) is 12.6 Å². The number of hydroxylamine groups is 1. The minimum absolute atomic E-state index is 0. The topological polar surface area (TPSA) is 47.6 Å². The number of nitrogens with one attached hydrogen (secondary N) is 1. The van der Waals surface area contributed by atoms with Gasteiger partial charge in [0.25, 0.3) is 0 Å². The molecule has 0 saturated carbocycles. The third-order valence-electron chi connectivity index (χ3n) is 3.47. The number of rotatable bonds is 5. The van der Waals surface area contributed by atoms with Gasteiger partial charge in [-0.25, -0.2) is 0 Å². The van der Waals surface area contributed by atoms with E-state index in [4.69, 9.17) is 14.4 Å². The van der Waals surface area contributed by atoms with Gasteiger partial charge in [-0.3, -0.25) is 4.84 Å². The predicted molar refractivity (Wildman–Crippen MR) is 112 cm³/mol. The summed E-state index contributed by atoms with van der Waals surface area (Å²) < 4.78 is 5.44. The van der Waals surface area contributed by atoms with Crippen molar-refractivity contribution in [1.82, 2.24) is 5.48 Å². The van der Waals surface area contributed by atoms with E-state index in [1.807, 2.05) is 70.9 Å². The van der Waals surface area contributed by atoms with Gasteiger partial charge < -0.3 is 9.53 Å². The molecule has 27 heavy (non-hydrogen) atoms. The Bertz CT molecular complexity index is 741. The lowest BCUT2D eigenvalue weighted by molar-refractivity contribution is -0.0980. The minimum atomic E-state index is -0.211. The van der Waals surface area contributed by atoms with Crippen LogP contribution >= 0.6 is 0 Å². The van der Waals surface area contributed by atoms with Gasteiger partial charge in [-0.1, -0.05) is 24.0 Å². The molecular weight excluding hydrogens is 338 g/mol. The highest BCUT2D eigenvalue weighted by atomic mass is 16.7. The van der Waals surface area contributed by atoms with Gasteiger partial charge in [-0.2, -0.15) is 5.48 Å². The molecule has 1 atom stereocenters. The Labute approximate surface area is 164 Å². The van der Waals surface area contributed by atoms with E-state index in [0.717, 1.165) is 22.4 Å². The molecule has 2 aromatic rings. The van der Waals surface area contributed by atoms with Crippen LogP contribution in [0.25, 0.3) is 0 Å². The minimum Gasteiger partial charge on any atom is -0.494 e. The summed E-state index contributed by atoms with van der Waals surface area (Å²) in [5.74, 6) is 7.24. The fourth-order valence-corrected chi connectivity index (χ4v) is 2.13. The van der Waals surface area contributed by atoms with Gasteiger partial charge in [0.2, 0.25) is 0 Å². The largest absolute Gasteiger partial charge is 0.494 e. The Hall–Kier alpha value is -2.61. The quantitative estimate of drug-likeness (QED) is 0.600.